The number of aromatic nitrogens is 3. The van der Waals surface area contributed by atoms with Crippen LogP contribution in [0.4, 0.5) is 0 Å². The summed E-state index contributed by atoms with van der Waals surface area (Å²) in [5, 5.41) is 8.66. The molecule has 2 aromatic heterocycles. The average molecular weight is 388 g/mol. The Labute approximate surface area is 161 Å². The second kappa shape index (κ2) is 8.83. The van der Waals surface area contributed by atoms with Gasteiger partial charge in [0.05, 0.1) is 23.2 Å². The monoisotopic (exact) mass is 387 g/mol. The lowest BCUT2D eigenvalue weighted by Gasteiger charge is -2.34. The van der Waals surface area contributed by atoms with Gasteiger partial charge in [-0.15, -0.1) is 24.8 Å². The lowest BCUT2D eigenvalue weighted by atomic mass is 10.1. The van der Waals surface area contributed by atoms with Gasteiger partial charge >= 0.3 is 0 Å². The smallest absolute Gasteiger partial charge is 0.255 e. The van der Waals surface area contributed by atoms with E-state index in [2.05, 4.69) is 36.2 Å². The van der Waals surface area contributed by atoms with Crippen molar-refractivity contribution in [1.82, 2.24) is 25.0 Å². The fourth-order valence-corrected chi connectivity index (χ4v) is 3.11. The van der Waals surface area contributed by atoms with Crippen LogP contribution in [0, 0.1) is 6.92 Å². The van der Waals surface area contributed by atoms with E-state index in [1.807, 2.05) is 22.6 Å². The third-order valence-corrected chi connectivity index (χ3v) is 4.70. The Bertz CT molecular complexity index is 733. The molecule has 6 nitrogen and oxygen atoms in total. The van der Waals surface area contributed by atoms with E-state index < -0.39 is 0 Å². The normalized spacial score (nSPS) is 18.4. The highest BCUT2D eigenvalue weighted by molar-refractivity contribution is 6.05. The predicted molar refractivity (Wildman–Crippen MR) is 105 cm³/mol. The van der Waals surface area contributed by atoms with Gasteiger partial charge in [-0.05, 0) is 33.3 Å². The largest absolute Gasteiger partial charge is 0.333 e. The molecule has 25 heavy (non-hydrogen) atoms. The maximum Gasteiger partial charge on any atom is 0.255 e. The maximum absolute atomic E-state index is 13.1. The van der Waals surface area contributed by atoms with E-state index in [4.69, 9.17) is 0 Å². The van der Waals surface area contributed by atoms with Crippen molar-refractivity contribution in [3.05, 3.63) is 23.5 Å². The zero-order valence-electron chi connectivity index (χ0n) is 15.2. The van der Waals surface area contributed by atoms with Crippen LogP contribution in [-0.2, 0) is 0 Å². The number of nitrogens with one attached hydrogen (secondary N) is 1. The highest BCUT2D eigenvalue weighted by Crippen LogP contribution is 2.24. The molecule has 8 heteroatoms. The zero-order chi connectivity index (χ0) is 16.6. The predicted octanol–water partition coefficient (Wildman–Crippen LogP) is 2.99. The van der Waals surface area contributed by atoms with Crippen LogP contribution < -0.4 is 5.32 Å². The van der Waals surface area contributed by atoms with Gasteiger partial charge in [0.2, 0.25) is 0 Å². The Morgan fingerprint density at radius 3 is 2.80 bits per heavy atom. The second-order valence-corrected chi connectivity index (χ2v) is 6.45. The first kappa shape index (κ1) is 21.7. The van der Waals surface area contributed by atoms with E-state index >= 15 is 0 Å². The molecule has 2 aromatic rings. The third kappa shape index (κ3) is 4.07. The van der Waals surface area contributed by atoms with Crippen LogP contribution in [-0.4, -0.2) is 51.2 Å². The van der Waals surface area contributed by atoms with Crippen LogP contribution in [0.2, 0.25) is 0 Å². The van der Waals surface area contributed by atoms with Gasteiger partial charge in [-0.2, -0.15) is 5.10 Å². The van der Waals surface area contributed by atoms with Gasteiger partial charge in [0, 0.05) is 31.4 Å². The standard InChI is InChI=1S/C17H25N5O.2ClH/c1-5-12(3)22-16-15(10-19-22)14(8-11(2)20-16)17(23)21-7-6-18-9-13(21)4;;/h8,10,12-13,18H,5-7,9H2,1-4H3;2*1H/t12?,13-;;/m0../s1. The highest BCUT2D eigenvalue weighted by atomic mass is 35.5. The number of pyridine rings is 1. The number of aryl methyl sites for hydroxylation is 1. The molecule has 0 bridgehead atoms. The van der Waals surface area contributed by atoms with Gasteiger partial charge < -0.3 is 10.2 Å². The number of hydrogen-bond acceptors (Lipinski definition) is 4. The van der Waals surface area contributed by atoms with E-state index in [0.717, 1.165) is 48.3 Å². The minimum Gasteiger partial charge on any atom is -0.333 e. The van der Waals surface area contributed by atoms with Crippen LogP contribution in [0.15, 0.2) is 12.3 Å². The topological polar surface area (TPSA) is 63.1 Å². The summed E-state index contributed by atoms with van der Waals surface area (Å²) in [5.41, 5.74) is 2.38. The summed E-state index contributed by atoms with van der Waals surface area (Å²) >= 11 is 0. The number of piperazine rings is 1. The molecule has 1 unspecified atom stereocenters. The van der Waals surface area contributed by atoms with Crippen LogP contribution in [0.5, 0.6) is 0 Å². The summed E-state index contributed by atoms with van der Waals surface area (Å²) in [6.07, 6.45) is 2.76. The lowest BCUT2D eigenvalue weighted by Crippen LogP contribution is -2.52. The maximum atomic E-state index is 13.1. The fraction of sp³-hybridized carbons (Fsp3) is 0.588. The Kier molecular flexibility index (Phi) is 7.65. The highest BCUT2D eigenvalue weighted by Gasteiger charge is 2.26. The first-order chi connectivity index (χ1) is 11.0. The summed E-state index contributed by atoms with van der Waals surface area (Å²) in [4.78, 5) is 19.6. The molecule has 0 saturated carbocycles. The second-order valence-electron chi connectivity index (χ2n) is 6.45. The summed E-state index contributed by atoms with van der Waals surface area (Å²) in [6.45, 7) is 10.7. The van der Waals surface area contributed by atoms with Crippen molar-refractivity contribution in [2.24, 2.45) is 0 Å². The summed E-state index contributed by atoms with van der Waals surface area (Å²) < 4.78 is 1.93. The molecular weight excluding hydrogens is 361 g/mol. The summed E-state index contributed by atoms with van der Waals surface area (Å²) in [6, 6.07) is 2.36. The van der Waals surface area contributed by atoms with E-state index in [0.29, 0.717) is 0 Å². The van der Waals surface area contributed by atoms with Gasteiger partial charge in [-0.25, -0.2) is 9.67 Å². The lowest BCUT2D eigenvalue weighted by molar-refractivity contribution is 0.0657. The van der Waals surface area contributed by atoms with Crippen molar-refractivity contribution >= 4 is 41.8 Å². The number of fused-ring (bicyclic) bond motifs is 1. The van der Waals surface area contributed by atoms with Crippen molar-refractivity contribution in [3.8, 4) is 0 Å². The molecular formula is C17H27Cl2N5O. The number of halogens is 2. The Hall–Kier alpha value is -1.37. The Balaban J connectivity index is 0.00000156. The number of rotatable bonds is 3. The van der Waals surface area contributed by atoms with Crippen molar-refractivity contribution in [1.29, 1.82) is 0 Å². The molecule has 140 valence electrons. The molecule has 0 aliphatic carbocycles. The zero-order valence-corrected chi connectivity index (χ0v) is 16.8. The van der Waals surface area contributed by atoms with Gasteiger partial charge in [-0.1, -0.05) is 6.92 Å². The van der Waals surface area contributed by atoms with Crippen LogP contribution in [0.1, 0.15) is 49.3 Å². The number of nitrogens with zero attached hydrogens (tertiary/aromatic N) is 4. The fourth-order valence-electron chi connectivity index (χ4n) is 3.11. The Morgan fingerprint density at radius 1 is 1.44 bits per heavy atom. The van der Waals surface area contributed by atoms with Crippen LogP contribution in [0.3, 0.4) is 0 Å². The average Bonchev–Trinajstić information content (AvgIpc) is 2.96. The number of hydrogen-bond donors (Lipinski definition) is 1. The molecule has 1 N–H and O–H groups in total. The summed E-state index contributed by atoms with van der Waals surface area (Å²) in [7, 11) is 0. The molecule has 0 radical (unpaired) electrons. The number of carbonyl (C=O) groups is 1. The van der Waals surface area contributed by atoms with Crippen molar-refractivity contribution in [3.63, 3.8) is 0 Å². The SMILES string of the molecule is CCC(C)n1ncc2c(C(=O)N3CCNC[C@@H]3C)cc(C)nc21.Cl.Cl. The van der Waals surface area contributed by atoms with Gasteiger partial charge in [-0.3, -0.25) is 4.79 Å². The summed E-state index contributed by atoms with van der Waals surface area (Å²) in [5.74, 6) is 0.0817. The van der Waals surface area contributed by atoms with Gasteiger partial charge in [0.15, 0.2) is 5.65 Å². The first-order valence-corrected chi connectivity index (χ1v) is 8.39. The molecule has 2 atom stereocenters. The van der Waals surface area contributed by atoms with Crippen molar-refractivity contribution in [2.45, 2.75) is 46.2 Å². The van der Waals surface area contributed by atoms with Crippen molar-refractivity contribution < 1.29 is 4.79 Å². The molecule has 3 rings (SSSR count). The van der Waals surface area contributed by atoms with E-state index in [1.54, 1.807) is 6.20 Å². The molecule has 1 fully saturated rings. The van der Waals surface area contributed by atoms with E-state index in [9.17, 15) is 4.79 Å². The number of amides is 1. The van der Waals surface area contributed by atoms with E-state index in [-0.39, 0.29) is 42.8 Å². The van der Waals surface area contributed by atoms with E-state index in [1.165, 1.54) is 0 Å². The Morgan fingerprint density at radius 2 is 2.16 bits per heavy atom. The molecule has 0 aromatic carbocycles. The van der Waals surface area contributed by atoms with Gasteiger partial charge in [0.25, 0.3) is 5.91 Å². The third-order valence-electron chi connectivity index (χ3n) is 4.70. The van der Waals surface area contributed by atoms with Crippen molar-refractivity contribution in [2.75, 3.05) is 19.6 Å². The molecule has 1 amide bonds. The molecule has 3 heterocycles. The molecule has 0 spiro atoms. The van der Waals surface area contributed by atoms with Crippen LogP contribution in [0.25, 0.3) is 11.0 Å². The molecule has 1 saturated heterocycles. The minimum absolute atomic E-state index is 0. The van der Waals surface area contributed by atoms with Gasteiger partial charge in [0.1, 0.15) is 0 Å². The first-order valence-electron chi connectivity index (χ1n) is 8.39. The number of carbonyl (C=O) groups excluding carboxylic acids is 1. The molecule has 1 aliphatic rings. The van der Waals surface area contributed by atoms with Crippen LogP contribution >= 0.6 is 24.8 Å². The quantitative estimate of drug-likeness (QED) is 0.878. The minimum atomic E-state index is 0. The molecule has 1 aliphatic heterocycles.